The average molecular weight is 587 g/mol. The highest BCUT2D eigenvalue weighted by atomic mass is 16.3. The van der Waals surface area contributed by atoms with Crippen LogP contribution in [0.5, 0.6) is 0 Å². The van der Waals surface area contributed by atoms with Gasteiger partial charge in [0.1, 0.15) is 22.5 Å². The van der Waals surface area contributed by atoms with Crippen molar-refractivity contribution in [1.29, 1.82) is 0 Å². The van der Waals surface area contributed by atoms with Crippen molar-refractivity contribution in [3.05, 3.63) is 158 Å². The highest BCUT2D eigenvalue weighted by Gasteiger charge is 2.26. The molecule has 10 aromatic rings. The van der Waals surface area contributed by atoms with Gasteiger partial charge in [0, 0.05) is 21.9 Å². The molecule has 0 N–H and O–H groups in total. The SMILES string of the molecule is c1ccc(-c2c(-c3c4ccccc4c(-c4cccc5ccccc45)c4ccccc34)oc3c2ccc2oc4ccccc4c23)cc1. The van der Waals surface area contributed by atoms with Crippen molar-refractivity contribution in [3.8, 4) is 33.6 Å². The Morgan fingerprint density at radius 2 is 0.913 bits per heavy atom. The van der Waals surface area contributed by atoms with Crippen LogP contribution in [0.4, 0.5) is 0 Å². The molecule has 0 unspecified atom stereocenters. The Morgan fingerprint density at radius 3 is 1.65 bits per heavy atom. The predicted octanol–water partition coefficient (Wildman–Crippen LogP) is 12.8. The Labute approximate surface area is 264 Å². The number of fused-ring (bicyclic) bond motifs is 8. The van der Waals surface area contributed by atoms with Crippen molar-refractivity contribution in [2.75, 3.05) is 0 Å². The fourth-order valence-electron chi connectivity index (χ4n) is 7.54. The molecule has 2 heteroatoms. The Hall–Kier alpha value is -6.12. The average Bonchev–Trinajstić information content (AvgIpc) is 3.69. The van der Waals surface area contributed by atoms with E-state index in [0.717, 1.165) is 66.1 Å². The molecule has 8 aromatic carbocycles. The molecule has 0 aliphatic carbocycles. The van der Waals surface area contributed by atoms with Gasteiger partial charge in [-0.2, -0.15) is 0 Å². The highest BCUT2D eigenvalue weighted by molar-refractivity contribution is 6.26. The van der Waals surface area contributed by atoms with Crippen molar-refractivity contribution in [1.82, 2.24) is 0 Å². The maximum Gasteiger partial charge on any atom is 0.147 e. The zero-order valence-electron chi connectivity index (χ0n) is 24.8. The van der Waals surface area contributed by atoms with E-state index in [1.165, 1.54) is 32.7 Å². The summed E-state index contributed by atoms with van der Waals surface area (Å²) in [7, 11) is 0. The van der Waals surface area contributed by atoms with E-state index < -0.39 is 0 Å². The molecule has 0 saturated carbocycles. The second kappa shape index (κ2) is 9.69. The maximum atomic E-state index is 7.19. The lowest BCUT2D eigenvalue weighted by molar-refractivity contribution is 0.636. The lowest BCUT2D eigenvalue weighted by Gasteiger charge is -2.18. The first-order valence-corrected chi connectivity index (χ1v) is 15.7. The summed E-state index contributed by atoms with van der Waals surface area (Å²) in [5, 5.41) is 10.3. The lowest BCUT2D eigenvalue weighted by Crippen LogP contribution is -1.92. The molecule has 2 heterocycles. The lowest BCUT2D eigenvalue weighted by atomic mass is 9.85. The van der Waals surface area contributed by atoms with Crippen LogP contribution in [0.1, 0.15) is 0 Å². The summed E-state index contributed by atoms with van der Waals surface area (Å²) in [5.74, 6) is 0.871. The van der Waals surface area contributed by atoms with Crippen molar-refractivity contribution in [2.24, 2.45) is 0 Å². The Kier molecular flexibility index (Phi) is 5.31. The number of furan rings is 2. The van der Waals surface area contributed by atoms with Gasteiger partial charge in [-0.25, -0.2) is 0 Å². The van der Waals surface area contributed by atoms with Gasteiger partial charge < -0.3 is 8.83 Å². The zero-order chi connectivity index (χ0) is 30.2. The molecule has 0 saturated heterocycles. The van der Waals surface area contributed by atoms with Gasteiger partial charge >= 0.3 is 0 Å². The van der Waals surface area contributed by atoms with Crippen LogP contribution in [0.2, 0.25) is 0 Å². The normalized spacial score (nSPS) is 11.9. The van der Waals surface area contributed by atoms with E-state index in [1.807, 2.05) is 12.1 Å². The van der Waals surface area contributed by atoms with Crippen LogP contribution in [0.15, 0.2) is 167 Å². The summed E-state index contributed by atoms with van der Waals surface area (Å²) in [6.07, 6.45) is 0. The number of benzene rings is 8. The Morgan fingerprint density at radius 1 is 0.326 bits per heavy atom. The van der Waals surface area contributed by atoms with Gasteiger partial charge in [-0.3, -0.25) is 0 Å². The van der Waals surface area contributed by atoms with E-state index in [-0.39, 0.29) is 0 Å². The van der Waals surface area contributed by atoms with E-state index in [0.29, 0.717) is 0 Å². The molecular weight excluding hydrogens is 560 g/mol. The largest absolute Gasteiger partial charge is 0.456 e. The van der Waals surface area contributed by atoms with Crippen LogP contribution in [-0.4, -0.2) is 0 Å². The fourth-order valence-corrected chi connectivity index (χ4v) is 7.54. The number of hydrogen-bond donors (Lipinski definition) is 0. The van der Waals surface area contributed by atoms with Crippen molar-refractivity contribution >= 4 is 65.2 Å². The van der Waals surface area contributed by atoms with Crippen molar-refractivity contribution in [3.63, 3.8) is 0 Å². The van der Waals surface area contributed by atoms with Crippen LogP contribution >= 0.6 is 0 Å². The number of hydrogen-bond acceptors (Lipinski definition) is 2. The summed E-state index contributed by atoms with van der Waals surface area (Å²) in [5.41, 5.74) is 8.33. The summed E-state index contributed by atoms with van der Waals surface area (Å²) in [4.78, 5) is 0. The third kappa shape index (κ3) is 3.53. The van der Waals surface area contributed by atoms with E-state index in [4.69, 9.17) is 8.83 Å². The van der Waals surface area contributed by atoms with E-state index >= 15 is 0 Å². The number of rotatable bonds is 3. The second-order valence-electron chi connectivity index (χ2n) is 12.0. The first-order valence-electron chi connectivity index (χ1n) is 15.7. The molecule has 0 amide bonds. The fraction of sp³-hybridized carbons (Fsp3) is 0. The van der Waals surface area contributed by atoms with Crippen molar-refractivity contribution in [2.45, 2.75) is 0 Å². The van der Waals surface area contributed by atoms with Gasteiger partial charge in [0.15, 0.2) is 0 Å². The third-order valence-corrected chi connectivity index (χ3v) is 9.48. The van der Waals surface area contributed by atoms with Crippen LogP contribution in [0.25, 0.3) is 98.8 Å². The molecule has 0 aliphatic rings. The van der Waals surface area contributed by atoms with Gasteiger partial charge in [-0.1, -0.05) is 140 Å². The van der Waals surface area contributed by atoms with Gasteiger partial charge in [-0.05, 0) is 67.2 Å². The van der Waals surface area contributed by atoms with Gasteiger partial charge in [0.2, 0.25) is 0 Å². The predicted molar refractivity (Wildman–Crippen MR) is 192 cm³/mol. The summed E-state index contributed by atoms with van der Waals surface area (Å²) in [6, 6.07) is 56.0. The van der Waals surface area contributed by atoms with Crippen LogP contribution < -0.4 is 0 Å². The Bertz CT molecular complexity index is 2740. The smallest absolute Gasteiger partial charge is 0.147 e. The molecule has 214 valence electrons. The van der Waals surface area contributed by atoms with Crippen molar-refractivity contribution < 1.29 is 8.83 Å². The monoisotopic (exact) mass is 586 g/mol. The van der Waals surface area contributed by atoms with Crippen LogP contribution in [0, 0.1) is 0 Å². The molecule has 0 fully saturated rings. The van der Waals surface area contributed by atoms with E-state index in [2.05, 4.69) is 146 Å². The highest BCUT2D eigenvalue weighted by Crippen LogP contribution is 2.51. The molecule has 0 spiro atoms. The molecular formula is C44H26O2. The summed E-state index contributed by atoms with van der Waals surface area (Å²) in [6.45, 7) is 0. The Balaban J connectivity index is 1.40. The summed E-state index contributed by atoms with van der Waals surface area (Å²) >= 11 is 0. The van der Waals surface area contributed by atoms with Gasteiger partial charge in [0.05, 0.1) is 5.39 Å². The van der Waals surface area contributed by atoms with E-state index in [9.17, 15) is 0 Å². The quantitative estimate of drug-likeness (QED) is 0.193. The maximum absolute atomic E-state index is 7.19. The first-order chi connectivity index (χ1) is 22.8. The molecule has 0 atom stereocenters. The standard InChI is InChI=1S/C44H26O2/c1-2-14-28(15-3-1)39-36-25-26-38-42(35-22-10-11-24-37(35)45-38)43(36)46-44(39)41-33-20-8-6-18-31(33)40(32-19-7-9-21-34(32)41)30-23-12-16-27-13-4-5-17-29(27)30/h1-26H. The minimum atomic E-state index is 0.828. The molecule has 2 nitrogen and oxygen atoms in total. The second-order valence-corrected chi connectivity index (χ2v) is 12.0. The zero-order valence-corrected chi connectivity index (χ0v) is 24.8. The molecule has 46 heavy (non-hydrogen) atoms. The first kappa shape index (κ1) is 25.2. The third-order valence-electron chi connectivity index (χ3n) is 9.48. The molecule has 0 aliphatic heterocycles. The minimum absolute atomic E-state index is 0.828. The minimum Gasteiger partial charge on any atom is -0.456 e. The van der Waals surface area contributed by atoms with Gasteiger partial charge in [-0.15, -0.1) is 0 Å². The van der Waals surface area contributed by atoms with Gasteiger partial charge in [0.25, 0.3) is 0 Å². The number of para-hydroxylation sites is 1. The molecule has 10 rings (SSSR count). The molecule has 0 radical (unpaired) electrons. The van der Waals surface area contributed by atoms with Crippen LogP contribution in [0.3, 0.4) is 0 Å². The van der Waals surface area contributed by atoms with Crippen LogP contribution in [-0.2, 0) is 0 Å². The van der Waals surface area contributed by atoms with E-state index in [1.54, 1.807) is 0 Å². The molecule has 2 aromatic heterocycles. The topological polar surface area (TPSA) is 26.3 Å². The summed E-state index contributed by atoms with van der Waals surface area (Å²) < 4.78 is 13.5. The molecule has 0 bridgehead atoms.